The van der Waals surface area contributed by atoms with E-state index in [1.54, 1.807) is 18.0 Å². The zero-order valence-corrected chi connectivity index (χ0v) is 12.6. The number of hydrogen-bond acceptors (Lipinski definition) is 2. The average Bonchev–Trinajstić information content (AvgIpc) is 2.30. The standard InChI is InChI=1S/C12H8BrCl2NS/c13-9-5-11(15)12(16-6-9)17-7-8-1-3-10(14)4-2-8/h1-6H,7H2. The molecule has 2 aromatic rings. The molecule has 0 fully saturated rings. The fraction of sp³-hybridized carbons (Fsp3) is 0.0833. The summed E-state index contributed by atoms with van der Waals surface area (Å²) in [5.41, 5.74) is 1.19. The monoisotopic (exact) mass is 347 g/mol. The molecule has 0 aliphatic rings. The van der Waals surface area contributed by atoms with Gasteiger partial charge in [-0.3, -0.25) is 0 Å². The number of aromatic nitrogens is 1. The van der Waals surface area contributed by atoms with Gasteiger partial charge in [-0.2, -0.15) is 0 Å². The number of hydrogen-bond donors (Lipinski definition) is 0. The maximum atomic E-state index is 6.09. The van der Waals surface area contributed by atoms with Crippen LogP contribution in [-0.2, 0) is 5.75 Å². The van der Waals surface area contributed by atoms with Crippen LogP contribution in [0.1, 0.15) is 5.56 Å². The van der Waals surface area contributed by atoms with E-state index in [1.165, 1.54) is 5.56 Å². The maximum absolute atomic E-state index is 6.09. The molecule has 0 radical (unpaired) electrons. The van der Waals surface area contributed by atoms with Crippen LogP contribution in [0.3, 0.4) is 0 Å². The van der Waals surface area contributed by atoms with Crippen molar-refractivity contribution in [3.63, 3.8) is 0 Å². The van der Waals surface area contributed by atoms with Gasteiger partial charge in [-0.15, -0.1) is 11.8 Å². The third-order valence-corrected chi connectivity index (χ3v) is 4.23. The highest BCUT2D eigenvalue weighted by molar-refractivity contribution is 9.10. The molecule has 0 saturated heterocycles. The molecule has 2 rings (SSSR count). The van der Waals surface area contributed by atoms with Crippen molar-refractivity contribution < 1.29 is 0 Å². The number of benzene rings is 1. The van der Waals surface area contributed by atoms with Gasteiger partial charge in [0.25, 0.3) is 0 Å². The van der Waals surface area contributed by atoms with E-state index in [0.29, 0.717) is 5.02 Å². The number of nitrogens with zero attached hydrogens (tertiary/aromatic N) is 1. The minimum Gasteiger partial charge on any atom is -0.247 e. The molecule has 17 heavy (non-hydrogen) atoms. The van der Waals surface area contributed by atoms with E-state index in [4.69, 9.17) is 23.2 Å². The zero-order valence-electron chi connectivity index (χ0n) is 8.66. The summed E-state index contributed by atoms with van der Waals surface area (Å²) in [6, 6.07) is 9.62. The first-order valence-corrected chi connectivity index (χ1v) is 7.37. The maximum Gasteiger partial charge on any atom is 0.115 e. The normalized spacial score (nSPS) is 10.5. The van der Waals surface area contributed by atoms with Crippen LogP contribution < -0.4 is 0 Å². The minimum atomic E-state index is 0.665. The molecule has 0 N–H and O–H groups in total. The lowest BCUT2D eigenvalue weighted by Crippen LogP contribution is -1.84. The van der Waals surface area contributed by atoms with Crippen LogP contribution in [0.5, 0.6) is 0 Å². The Morgan fingerprint density at radius 2 is 1.88 bits per heavy atom. The summed E-state index contributed by atoms with van der Waals surface area (Å²) in [4.78, 5) is 4.27. The van der Waals surface area contributed by atoms with E-state index in [9.17, 15) is 0 Å². The summed E-state index contributed by atoms with van der Waals surface area (Å²) in [5.74, 6) is 0.825. The number of pyridine rings is 1. The van der Waals surface area contributed by atoms with Crippen molar-refractivity contribution in [2.45, 2.75) is 10.8 Å². The molecule has 1 heterocycles. The molecule has 0 bridgehead atoms. The van der Waals surface area contributed by atoms with Crippen molar-refractivity contribution in [2.24, 2.45) is 0 Å². The number of halogens is 3. The van der Waals surface area contributed by atoms with Crippen LogP contribution in [0.25, 0.3) is 0 Å². The topological polar surface area (TPSA) is 12.9 Å². The molecule has 88 valence electrons. The first kappa shape index (κ1) is 13.2. The van der Waals surface area contributed by atoms with Crippen LogP contribution in [0.4, 0.5) is 0 Å². The second kappa shape index (κ2) is 6.10. The van der Waals surface area contributed by atoms with Gasteiger partial charge < -0.3 is 0 Å². The predicted octanol–water partition coefficient (Wildman–Crippen LogP) is 5.44. The smallest absolute Gasteiger partial charge is 0.115 e. The van der Waals surface area contributed by atoms with Crippen LogP contribution in [-0.4, -0.2) is 4.98 Å². The van der Waals surface area contributed by atoms with Gasteiger partial charge in [-0.05, 0) is 39.7 Å². The van der Waals surface area contributed by atoms with E-state index in [2.05, 4.69) is 20.9 Å². The van der Waals surface area contributed by atoms with Crippen molar-refractivity contribution in [1.82, 2.24) is 4.98 Å². The number of rotatable bonds is 3. The molecule has 0 atom stereocenters. The van der Waals surface area contributed by atoms with E-state index >= 15 is 0 Å². The van der Waals surface area contributed by atoms with Gasteiger partial charge in [-0.1, -0.05) is 35.3 Å². The Balaban J connectivity index is 2.04. The Morgan fingerprint density at radius 3 is 2.53 bits per heavy atom. The average molecular weight is 349 g/mol. The predicted molar refractivity (Wildman–Crippen MR) is 78.0 cm³/mol. The fourth-order valence-electron chi connectivity index (χ4n) is 1.24. The van der Waals surface area contributed by atoms with Crippen molar-refractivity contribution >= 4 is 50.9 Å². The first-order chi connectivity index (χ1) is 8.15. The summed E-state index contributed by atoms with van der Waals surface area (Å²) in [6.45, 7) is 0. The molecular formula is C12H8BrCl2NS. The molecule has 1 aromatic heterocycles. The largest absolute Gasteiger partial charge is 0.247 e. The Hall–Kier alpha value is -0.220. The van der Waals surface area contributed by atoms with Gasteiger partial charge >= 0.3 is 0 Å². The summed E-state index contributed by atoms with van der Waals surface area (Å²) < 4.78 is 0.887. The molecular weight excluding hydrogens is 341 g/mol. The van der Waals surface area contributed by atoms with Crippen LogP contribution >= 0.6 is 50.9 Å². The van der Waals surface area contributed by atoms with Crippen LogP contribution in [0, 0.1) is 0 Å². The lowest BCUT2D eigenvalue weighted by Gasteiger charge is -2.04. The highest BCUT2D eigenvalue weighted by Gasteiger charge is 2.04. The quantitative estimate of drug-likeness (QED) is 0.684. The molecule has 1 nitrogen and oxygen atoms in total. The van der Waals surface area contributed by atoms with Crippen molar-refractivity contribution in [3.8, 4) is 0 Å². The van der Waals surface area contributed by atoms with Gasteiger partial charge in [0.2, 0.25) is 0 Å². The van der Waals surface area contributed by atoms with Gasteiger partial charge in [0, 0.05) is 21.4 Å². The van der Waals surface area contributed by atoms with Crippen LogP contribution in [0.15, 0.2) is 46.0 Å². The first-order valence-electron chi connectivity index (χ1n) is 4.83. The van der Waals surface area contributed by atoms with Crippen molar-refractivity contribution in [3.05, 3.63) is 56.6 Å². The Bertz CT molecular complexity index is 516. The van der Waals surface area contributed by atoms with Crippen LogP contribution in [0.2, 0.25) is 10.0 Å². The fourth-order valence-corrected chi connectivity index (χ4v) is 2.98. The zero-order chi connectivity index (χ0) is 12.3. The summed E-state index contributed by atoms with van der Waals surface area (Å²) in [6.07, 6.45) is 1.75. The van der Waals surface area contributed by atoms with Gasteiger partial charge in [0.1, 0.15) is 5.03 Å². The molecule has 0 unspecified atom stereocenters. The highest BCUT2D eigenvalue weighted by atomic mass is 79.9. The Labute approximate surface area is 123 Å². The summed E-state index contributed by atoms with van der Waals surface area (Å²) in [5, 5.41) is 2.25. The SMILES string of the molecule is Clc1ccc(CSc2ncc(Br)cc2Cl)cc1. The Morgan fingerprint density at radius 1 is 1.18 bits per heavy atom. The van der Waals surface area contributed by atoms with Gasteiger partial charge in [0.15, 0.2) is 0 Å². The second-order valence-corrected chi connectivity index (χ2v) is 6.08. The molecule has 1 aromatic carbocycles. The number of thioether (sulfide) groups is 1. The van der Waals surface area contributed by atoms with Crippen molar-refractivity contribution in [1.29, 1.82) is 0 Å². The lowest BCUT2D eigenvalue weighted by molar-refractivity contribution is 1.12. The molecule has 5 heteroatoms. The summed E-state index contributed by atoms with van der Waals surface area (Å²) >= 11 is 16.8. The lowest BCUT2D eigenvalue weighted by atomic mass is 10.2. The van der Waals surface area contributed by atoms with Gasteiger partial charge in [-0.25, -0.2) is 4.98 Å². The molecule has 0 spiro atoms. The summed E-state index contributed by atoms with van der Waals surface area (Å²) in [7, 11) is 0. The molecule has 0 amide bonds. The van der Waals surface area contributed by atoms with E-state index in [-0.39, 0.29) is 0 Å². The van der Waals surface area contributed by atoms with Crippen molar-refractivity contribution in [2.75, 3.05) is 0 Å². The second-order valence-electron chi connectivity index (χ2n) is 3.36. The van der Waals surface area contributed by atoms with Gasteiger partial charge in [0.05, 0.1) is 5.02 Å². The Kier molecular flexibility index (Phi) is 4.74. The van der Waals surface area contributed by atoms with E-state index in [0.717, 1.165) is 20.3 Å². The molecule has 0 aliphatic carbocycles. The molecule has 0 aliphatic heterocycles. The minimum absolute atomic E-state index is 0.665. The van der Waals surface area contributed by atoms with E-state index < -0.39 is 0 Å². The highest BCUT2D eigenvalue weighted by Crippen LogP contribution is 2.29. The third kappa shape index (κ3) is 3.88. The van der Waals surface area contributed by atoms with E-state index in [1.807, 2.05) is 30.3 Å². The molecule has 0 saturated carbocycles. The third-order valence-electron chi connectivity index (χ3n) is 2.06.